The van der Waals surface area contributed by atoms with Gasteiger partial charge in [0.25, 0.3) is 0 Å². The van der Waals surface area contributed by atoms with Crippen LogP contribution in [-0.2, 0) is 17.7 Å². The minimum Gasteiger partial charge on any atom is -0.444 e. The maximum absolute atomic E-state index is 12.3. The largest absolute Gasteiger partial charge is 0.444 e. The van der Waals surface area contributed by atoms with Gasteiger partial charge in [-0.2, -0.15) is 0 Å². The predicted molar refractivity (Wildman–Crippen MR) is 101 cm³/mol. The zero-order valence-corrected chi connectivity index (χ0v) is 15.7. The van der Waals surface area contributed by atoms with Crippen LogP contribution in [0.3, 0.4) is 0 Å². The van der Waals surface area contributed by atoms with Crippen LogP contribution in [0.25, 0.3) is 0 Å². The molecule has 1 aromatic carbocycles. The first-order valence-electron chi connectivity index (χ1n) is 9.42. The highest BCUT2D eigenvalue weighted by Gasteiger charge is 2.26. The van der Waals surface area contributed by atoms with E-state index in [1.54, 1.807) is 4.90 Å². The fourth-order valence-corrected chi connectivity index (χ4v) is 3.63. The van der Waals surface area contributed by atoms with Gasteiger partial charge in [-0.1, -0.05) is 6.07 Å². The van der Waals surface area contributed by atoms with Crippen LogP contribution in [0.2, 0.25) is 0 Å². The Bertz CT molecular complexity index is 616. The summed E-state index contributed by atoms with van der Waals surface area (Å²) in [5.41, 5.74) is 9.23. The highest BCUT2D eigenvalue weighted by molar-refractivity contribution is 5.69. The Labute approximate surface area is 150 Å². The number of ether oxygens (including phenoxy) is 1. The lowest BCUT2D eigenvalue weighted by atomic mass is 9.91. The first-order chi connectivity index (χ1) is 11.8. The minimum atomic E-state index is -0.456. The number of carbonyl (C=O) groups is 1. The second kappa shape index (κ2) is 7.24. The Balaban J connectivity index is 1.64. The van der Waals surface area contributed by atoms with Gasteiger partial charge in [-0.05, 0) is 76.1 Å². The lowest BCUT2D eigenvalue weighted by Crippen LogP contribution is -2.40. The Hall–Kier alpha value is -1.75. The van der Waals surface area contributed by atoms with Crippen LogP contribution in [0.4, 0.5) is 10.5 Å². The Morgan fingerprint density at radius 3 is 2.60 bits per heavy atom. The number of anilines is 1. The molecule has 5 heteroatoms. The molecule has 25 heavy (non-hydrogen) atoms. The van der Waals surface area contributed by atoms with Crippen LogP contribution in [-0.4, -0.2) is 35.2 Å². The quantitative estimate of drug-likeness (QED) is 0.858. The highest BCUT2D eigenvalue weighted by Crippen LogP contribution is 2.26. The molecule has 0 aromatic heterocycles. The Morgan fingerprint density at radius 2 is 1.92 bits per heavy atom. The van der Waals surface area contributed by atoms with E-state index in [2.05, 4.69) is 23.5 Å². The van der Waals surface area contributed by atoms with Gasteiger partial charge in [0.2, 0.25) is 0 Å². The second-order valence-corrected chi connectivity index (χ2v) is 8.39. The van der Waals surface area contributed by atoms with E-state index < -0.39 is 5.60 Å². The van der Waals surface area contributed by atoms with Crippen molar-refractivity contribution in [2.24, 2.45) is 5.73 Å². The van der Waals surface area contributed by atoms with Crippen molar-refractivity contribution < 1.29 is 9.53 Å². The van der Waals surface area contributed by atoms with Gasteiger partial charge in [-0.25, -0.2) is 4.79 Å². The molecule has 1 aromatic rings. The molecule has 1 aliphatic heterocycles. The topological polar surface area (TPSA) is 67.6 Å². The van der Waals surface area contributed by atoms with E-state index in [-0.39, 0.29) is 6.09 Å². The molecule has 0 spiro atoms. The smallest absolute Gasteiger partial charge is 0.410 e. The summed E-state index contributed by atoms with van der Waals surface area (Å²) in [5.74, 6) is 0. The van der Waals surface area contributed by atoms with Crippen LogP contribution in [0.1, 0.15) is 57.6 Å². The molecule has 1 saturated carbocycles. The number of fused-ring (bicyclic) bond motifs is 1. The Morgan fingerprint density at radius 1 is 1.20 bits per heavy atom. The van der Waals surface area contributed by atoms with Crippen molar-refractivity contribution >= 4 is 11.8 Å². The highest BCUT2D eigenvalue weighted by atomic mass is 16.6. The zero-order chi connectivity index (χ0) is 18.0. The van der Waals surface area contributed by atoms with Gasteiger partial charge in [-0.15, -0.1) is 0 Å². The molecule has 3 rings (SSSR count). The van der Waals surface area contributed by atoms with Crippen molar-refractivity contribution in [3.05, 3.63) is 29.3 Å². The lowest BCUT2D eigenvalue weighted by Gasteiger charge is -2.32. The summed E-state index contributed by atoms with van der Waals surface area (Å²) in [6, 6.07) is 7.42. The number of hydrogen-bond donors (Lipinski definition) is 2. The van der Waals surface area contributed by atoms with Gasteiger partial charge in [0.15, 0.2) is 0 Å². The number of nitrogens with two attached hydrogens (primary N) is 1. The molecule has 138 valence electrons. The van der Waals surface area contributed by atoms with Gasteiger partial charge in [0.05, 0.1) is 0 Å². The summed E-state index contributed by atoms with van der Waals surface area (Å²) in [5, 5.41) is 3.64. The fourth-order valence-electron chi connectivity index (χ4n) is 3.63. The van der Waals surface area contributed by atoms with Crippen LogP contribution >= 0.6 is 0 Å². The van der Waals surface area contributed by atoms with Gasteiger partial charge >= 0.3 is 6.09 Å². The number of nitrogens with zero attached hydrogens (tertiary/aromatic N) is 1. The third-order valence-electron chi connectivity index (χ3n) is 5.01. The van der Waals surface area contributed by atoms with Gasteiger partial charge in [-0.3, -0.25) is 0 Å². The number of benzene rings is 1. The van der Waals surface area contributed by atoms with E-state index in [1.807, 2.05) is 20.8 Å². The number of nitrogens with one attached hydrogen (secondary N) is 1. The molecule has 5 nitrogen and oxygen atoms in total. The van der Waals surface area contributed by atoms with Crippen LogP contribution in [0, 0.1) is 0 Å². The molecule has 2 aliphatic rings. The molecule has 0 unspecified atom stereocenters. The molecule has 1 amide bonds. The molecule has 1 heterocycles. The number of carbonyl (C=O) groups excluding carboxylic acids is 1. The average molecular weight is 345 g/mol. The van der Waals surface area contributed by atoms with Crippen molar-refractivity contribution in [3.8, 4) is 0 Å². The summed E-state index contributed by atoms with van der Waals surface area (Å²) in [6.45, 7) is 7.05. The molecule has 3 N–H and O–H groups in total. The first-order valence-corrected chi connectivity index (χ1v) is 9.42. The molecule has 1 fully saturated rings. The van der Waals surface area contributed by atoms with E-state index in [9.17, 15) is 4.79 Å². The van der Waals surface area contributed by atoms with Crippen molar-refractivity contribution in [2.45, 2.75) is 77.1 Å². The van der Waals surface area contributed by atoms with Crippen LogP contribution < -0.4 is 11.1 Å². The van der Waals surface area contributed by atoms with E-state index in [1.165, 1.54) is 11.1 Å². The predicted octanol–water partition coefficient (Wildman–Crippen LogP) is 3.66. The molecule has 0 saturated heterocycles. The van der Waals surface area contributed by atoms with Gasteiger partial charge in [0, 0.05) is 30.9 Å². The summed E-state index contributed by atoms with van der Waals surface area (Å²) in [4.78, 5) is 14.1. The maximum Gasteiger partial charge on any atom is 0.410 e. The first kappa shape index (κ1) is 18.1. The molecular weight excluding hydrogens is 314 g/mol. The fraction of sp³-hybridized carbons (Fsp3) is 0.650. The van der Waals surface area contributed by atoms with Gasteiger partial charge in [0.1, 0.15) is 5.60 Å². The van der Waals surface area contributed by atoms with Crippen LogP contribution in [0.15, 0.2) is 18.2 Å². The molecule has 0 radical (unpaired) electrons. The average Bonchev–Trinajstić information content (AvgIpc) is 2.55. The molecular formula is C20H31N3O2. The van der Waals surface area contributed by atoms with Crippen molar-refractivity contribution in [2.75, 3.05) is 11.9 Å². The summed E-state index contributed by atoms with van der Waals surface area (Å²) in [7, 11) is 0. The lowest BCUT2D eigenvalue weighted by molar-refractivity contribution is 0.0224. The summed E-state index contributed by atoms with van der Waals surface area (Å²) >= 11 is 0. The summed E-state index contributed by atoms with van der Waals surface area (Å²) < 4.78 is 5.51. The van der Waals surface area contributed by atoms with Crippen molar-refractivity contribution in [3.63, 3.8) is 0 Å². The monoisotopic (exact) mass is 345 g/mol. The third-order valence-corrected chi connectivity index (χ3v) is 5.01. The third kappa shape index (κ3) is 4.88. The van der Waals surface area contributed by atoms with Crippen molar-refractivity contribution in [1.29, 1.82) is 0 Å². The number of rotatable bonds is 2. The second-order valence-electron chi connectivity index (χ2n) is 8.39. The van der Waals surface area contributed by atoms with E-state index in [0.717, 1.165) is 44.3 Å². The number of hydrogen-bond acceptors (Lipinski definition) is 4. The Kier molecular flexibility index (Phi) is 5.23. The standard InChI is InChI=1S/C20H31N3O2/c1-20(2,3)25-19(24)23-11-10-14-4-7-18(12-15(14)13-23)22-17-8-5-16(21)6-9-17/h4,7,12,16-17,22H,5-6,8-11,13,21H2,1-3H3. The minimum absolute atomic E-state index is 0.224. The zero-order valence-electron chi connectivity index (χ0n) is 15.7. The summed E-state index contributed by atoms with van der Waals surface area (Å²) in [6.07, 6.45) is 5.10. The molecule has 0 bridgehead atoms. The number of amides is 1. The van der Waals surface area contributed by atoms with Gasteiger partial charge < -0.3 is 20.7 Å². The molecule has 1 aliphatic carbocycles. The SMILES string of the molecule is CC(C)(C)OC(=O)N1CCc2ccc(NC3CCC(N)CC3)cc2C1. The van der Waals surface area contributed by atoms with Crippen molar-refractivity contribution in [1.82, 2.24) is 4.90 Å². The maximum atomic E-state index is 12.3. The van der Waals surface area contributed by atoms with Crippen LogP contribution in [0.5, 0.6) is 0 Å². The van der Waals surface area contributed by atoms with E-state index in [0.29, 0.717) is 18.6 Å². The molecule has 0 atom stereocenters. The van der Waals surface area contributed by atoms with E-state index >= 15 is 0 Å². The normalized spacial score (nSPS) is 23.8. The van der Waals surface area contributed by atoms with E-state index in [4.69, 9.17) is 10.5 Å².